The van der Waals surface area contributed by atoms with Crippen LogP contribution < -0.4 is 10.1 Å². The summed E-state index contributed by atoms with van der Waals surface area (Å²) < 4.78 is 14.7. The summed E-state index contributed by atoms with van der Waals surface area (Å²) in [6.45, 7) is 1.89. The van der Waals surface area contributed by atoms with Crippen molar-refractivity contribution in [1.82, 2.24) is 15.5 Å². The summed E-state index contributed by atoms with van der Waals surface area (Å²) in [6, 6.07) is 3.88. The molecule has 2 N–H and O–H groups in total. The van der Waals surface area contributed by atoms with E-state index in [4.69, 9.17) is 14.0 Å². The average Bonchev–Trinajstić information content (AvgIpc) is 2.93. The van der Waals surface area contributed by atoms with Crippen LogP contribution in [0.2, 0.25) is 0 Å². The predicted octanol–water partition coefficient (Wildman–Crippen LogP) is 1.10. The molecule has 0 saturated carbocycles. The van der Waals surface area contributed by atoms with Crippen LogP contribution in [0, 0.1) is 6.92 Å². The van der Waals surface area contributed by atoms with E-state index in [2.05, 4.69) is 15.5 Å². The molecule has 0 fully saturated rings. The van der Waals surface area contributed by atoms with E-state index in [0.29, 0.717) is 23.0 Å². The van der Waals surface area contributed by atoms with Crippen molar-refractivity contribution >= 4 is 5.97 Å². The van der Waals surface area contributed by atoms with Crippen LogP contribution in [0.3, 0.4) is 0 Å². The molecule has 8 heteroatoms. The smallest absolute Gasteiger partial charge is 0.327 e. The summed E-state index contributed by atoms with van der Waals surface area (Å²) in [5.41, 5.74) is 0.529. The SMILES string of the molecule is COC(=O)[C@H](NCc1nc(C)no1)c1ccc(OC)c(O)c1. The maximum Gasteiger partial charge on any atom is 0.327 e. The minimum Gasteiger partial charge on any atom is -0.504 e. The number of carbonyl (C=O) groups is 1. The highest BCUT2D eigenvalue weighted by atomic mass is 16.5. The quantitative estimate of drug-likeness (QED) is 0.764. The van der Waals surface area contributed by atoms with Gasteiger partial charge >= 0.3 is 5.97 Å². The van der Waals surface area contributed by atoms with Gasteiger partial charge in [-0.05, 0) is 24.6 Å². The summed E-state index contributed by atoms with van der Waals surface area (Å²) in [5.74, 6) is 0.614. The molecule has 0 radical (unpaired) electrons. The first-order valence-corrected chi connectivity index (χ1v) is 6.52. The van der Waals surface area contributed by atoms with Crippen LogP contribution in [0.5, 0.6) is 11.5 Å². The molecule has 118 valence electrons. The number of methoxy groups -OCH3 is 2. The van der Waals surface area contributed by atoms with Gasteiger partial charge in [0.25, 0.3) is 0 Å². The first kappa shape index (κ1) is 15.8. The van der Waals surface area contributed by atoms with Crippen LogP contribution in [0.1, 0.15) is 23.3 Å². The Morgan fingerprint density at radius 1 is 1.45 bits per heavy atom. The molecule has 1 aromatic carbocycles. The molecule has 0 bridgehead atoms. The molecule has 0 aliphatic heterocycles. The molecular weight excluding hydrogens is 290 g/mol. The number of nitrogens with one attached hydrogen (secondary N) is 1. The van der Waals surface area contributed by atoms with Crippen LogP contribution in [-0.4, -0.2) is 35.4 Å². The Balaban J connectivity index is 2.18. The first-order chi connectivity index (χ1) is 10.5. The highest BCUT2D eigenvalue weighted by molar-refractivity contribution is 5.77. The highest BCUT2D eigenvalue weighted by Crippen LogP contribution is 2.29. The maximum atomic E-state index is 11.9. The number of rotatable bonds is 6. The number of benzene rings is 1. The topological polar surface area (TPSA) is 107 Å². The zero-order chi connectivity index (χ0) is 16.1. The van der Waals surface area contributed by atoms with Crippen molar-refractivity contribution in [1.29, 1.82) is 0 Å². The van der Waals surface area contributed by atoms with Gasteiger partial charge in [0, 0.05) is 0 Å². The van der Waals surface area contributed by atoms with Gasteiger partial charge in [-0.25, -0.2) is 4.79 Å². The summed E-state index contributed by atoms with van der Waals surface area (Å²) in [7, 11) is 2.74. The lowest BCUT2D eigenvalue weighted by Crippen LogP contribution is -2.29. The molecule has 2 rings (SSSR count). The second-order valence-corrected chi connectivity index (χ2v) is 4.50. The fraction of sp³-hybridized carbons (Fsp3) is 0.357. The van der Waals surface area contributed by atoms with E-state index in [9.17, 15) is 9.90 Å². The summed E-state index contributed by atoms with van der Waals surface area (Å²) >= 11 is 0. The van der Waals surface area contributed by atoms with Crippen LogP contribution in [0.15, 0.2) is 22.7 Å². The number of aryl methyl sites for hydroxylation is 1. The number of hydrogen-bond acceptors (Lipinski definition) is 8. The van der Waals surface area contributed by atoms with Crippen molar-refractivity contribution in [2.24, 2.45) is 0 Å². The van der Waals surface area contributed by atoms with Gasteiger partial charge in [-0.1, -0.05) is 11.2 Å². The van der Waals surface area contributed by atoms with Crippen LogP contribution >= 0.6 is 0 Å². The number of phenols is 1. The van der Waals surface area contributed by atoms with Gasteiger partial charge in [0.1, 0.15) is 6.04 Å². The normalized spacial score (nSPS) is 12.0. The Morgan fingerprint density at radius 3 is 2.77 bits per heavy atom. The zero-order valence-electron chi connectivity index (χ0n) is 12.5. The van der Waals surface area contributed by atoms with Crippen molar-refractivity contribution < 1.29 is 23.9 Å². The molecule has 0 unspecified atom stereocenters. The van der Waals surface area contributed by atoms with Crippen LogP contribution in [0.25, 0.3) is 0 Å². The van der Waals surface area contributed by atoms with Crippen molar-refractivity contribution in [3.05, 3.63) is 35.5 Å². The lowest BCUT2D eigenvalue weighted by atomic mass is 10.1. The number of carbonyl (C=O) groups excluding carboxylic acids is 1. The van der Waals surface area contributed by atoms with E-state index < -0.39 is 12.0 Å². The second-order valence-electron chi connectivity index (χ2n) is 4.50. The number of hydrogen-bond donors (Lipinski definition) is 2. The third-order valence-electron chi connectivity index (χ3n) is 3.00. The van der Waals surface area contributed by atoms with Gasteiger partial charge in [0.2, 0.25) is 5.89 Å². The standard InChI is InChI=1S/C14H17N3O5/c1-8-16-12(22-17-8)7-15-13(14(19)21-3)9-4-5-11(20-2)10(18)6-9/h4-6,13,15,18H,7H2,1-3H3/t13-/m1/s1. The molecule has 2 aromatic rings. The molecule has 0 spiro atoms. The minimum atomic E-state index is -0.783. The van der Waals surface area contributed by atoms with Crippen LogP contribution in [-0.2, 0) is 16.1 Å². The first-order valence-electron chi connectivity index (χ1n) is 6.52. The van der Waals surface area contributed by atoms with E-state index in [1.807, 2.05) is 0 Å². The molecular formula is C14H17N3O5. The van der Waals surface area contributed by atoms with Crippen LogP contribution in [0.4, 0.5) is 0 Å². The Bertz CT molecular complexity index is 656. The summed E-state index contributed by atoms with van der Waals surface area (Å²) in [6.07, 6.45) is 0. The van der Waals surface area contributed by atoms with Crippen molar-refractivity contribution in [2.45, 2.75) is 19.5 Å². The number of nitrogens with zero attached hydrogens (tertiary/aromatic N) is 2. The van der Waals surface area contributed by atoms with E-state index in [1.165, 1.54) is 20.3 Å². The molecule has 1 aromatic heterocycles. The highest BCUT2D eigenvalue weighted by Gasteiger charge is 2.23. The molecule has 22 heavy (non-hydrogen) atoms. The van der Waals surface area contributed by atoms with Gasteiger partial charge in [0.05, 0.1) is 20.8 Å². The number of aromatic nitrogens is 2. The van der Waals surface area contributed by atoms with Gasteiger partial charge < -0.3 is 19.1 Å². The Kier molecular flexibility index (Phi) is 4.95. The van der Waals surface area contributed by atoms with Gasteiger partial charge in [0.15, 0.2) is 17.3 Å². The van der Waals surface area contributed by atoms with E-state index in [1.54, 1.807) is 19.1 Å². The molecule has 1 heterocycles. The molecule has 1 atom stereocenters. The predicted molar refractivity (Wildman–Crippen MR) is 75.3 cm³/mol. The van der Waals surface area contributed by atoms with Gasteiger partial charge in [-0.2, -0.15) is 4.98 Å². The average molecular weight is 307 g/mol. The van der Waals surface area contributed by atoms with Crippen molar-refractivity contribution in [3.63, 3.8) is 0 Å². The van der Waals surface area contributed by atoms with E-state index >= 15 is 0 Å². The molecule has 0 aliphatic carbocycles. The van der Waals surface area contributed by atoms with E-state index in [-0.39, 0.29) is 12.3 Å². The van der Waals surface area contributed by atoms with Crippen molar-refractivity contribution in [3.8, 4) is 11.5 Å². The number of ether oxygens (including phenoxy) is 2. The zero-order valence-corrected chi connectivity index (χ0v) is 12.5. The molecule has 0 amide bonds. The Morgan fingerprint density at radius 2 is 2.23 bits per heavy atom. The fourth-order valence-electron chi connectivity index (χ4n) is 1.94. The van der Waals surface area contributed by atoms with Crippen molar-refractivity contribution in [2.75, 3.05) is 14.2 Å². The number of aromatic hydroxyl groups is 1. The lowest BCUT2D eigenvalue weighted by Gasteiger charge is -2.16. The van der Waals surface area contributed by atoms with Gasteiger partial charge in [-0.15, -0.1) is 0 Å². The Labute approximate surface area is 127 Å². The number of phenolic OH excluding ortho intramolecular Hbond substituents is 1. The number of esters is 1. The fourth-order valence-corrected chi connectivity index (χ4v) is 1.94. The molecule has 0 aliphatic rings. The third-order valence-corrected chi connectivity index (χ3v) is 3.00. The third kappa shape index (κ3) is 3.53. The lowest BCUT2D eigenvalue weighted by molar-refractivity contribution is -0.143. The molecule has 0 saturated heterocycles. The Hall–Kier alpha value is -2.61. The second kappa shape index (κ2) is 6.90. The maximum absolute atomic E-state index is 11.9. The monoisotopic (exact) mass is 307 g/mol. The molecule has 8 nitrogen and oxygen atoms in total. The largest absolute Gasteiger partial charge is 0.504 e. The van der Waals surface area contributed by atoms with Gasteiger partial charge in [-0.3, -0.25) is 5.32 Å². The minimum absolute atomic E-state index is 0.0654. The summed E-state index contributed by atoms with van der Waals surface area (Å²) in [5, 5.41) is 16.5. The van der Waals surface area contributed by atoms with E-state index in [0.717, 1.165) is 0 Å². The summed E-state index contributed by atoms with van der Waals surface area (Å²) in [4.78, 5) is 16.0.